The molecular formula is C16H16FN3O. The minimum atomic E-state index is -0.438. The first-order chi connectivity index (χ1) is 10.3. The molecule has 1 heterocycles. The summed E-state index contributed by atoms with van der Waals surface area (Å²) in [6, 6.07) is 13.6. The van der Waals surface area contributed by atoms with Crippen LogP contribution in [0.3, 0.4) is 0 Å². The average molecular weight is 285 g/mol. The summed E-state index contributed by atoms with van der Waals surface area (Å²) in [5.74, 6) is -0.438. The topological polar surface area (TPSA) is 44.4 Å². The highest BCUT2D eigenvalue weighted by Gasteiger charge is 2.21. The van der Waals surface area contributed by atoms with E-state index < -0.39 is 5.82 Å². The van der Waals surface area contributed by atoms with E-state index in [1.54, 1.807) is 23.1 Å². The number of para-hydroxylation sites is 2. The monoisotopic (exact) mass is 285 g/mol. The third kappa shape index (κ3) is 2.87. The van der Waals surface area contributed by atoms with Gasteiger partial charge in [-0.15, -0.1) is 0 Å². The average Bonchev–Trinajstić information content (AvgIpc) is 2.72. The number of nitrogens with one attached hydrogen (secondary N) is 2. The minimum Gasteiger partial charge on any atom is -0.311 e. The van der Waals surface area contributed by atoms with Crippen molar-refractivity contribution in [1.82, 2.24) is 5.32 Å². The summed E-state index contributed by atoms with van der Waals surface area (Å²) in [7, 11) is 0. The van der Waals surface area contributed by atoms with E-state index >= 15 is 0 Å². The van der Waals surface area contributed by atoms with Crippen molar-refractivity contribution in [2.24, 2.45) is 0 Å². The van der Waals surface area contributed by atoms with Gasteiger partial charge in [0.2, 0.25) is 0 Å². The highest BCUT2D eigenvalue weighted by atomic mass is 19.1. The lowest BCUT2D eigenvalue weighted by atomic mass is 10.1. The molecule has 3 rings (SSSR count). The van der Waals surface area contributed by atoms with E-state index in [0.717, 1.165) is 17.8 Å². The number of benzene rings is 2. The molecule has 2 aromatic carbocycles. The van der Waals surface area contributed by atoms with Crippen LogP contribution in [-0.4, -0.2) is 19.1 Å². The molecule has 0 saturated heterocycles. The Morgan fingerprint density at radius 2 is 1.90 bits per heavy atom. The molecule has 2 N–H and O–H groups in total. The fourth-order valence-corrected chi connectivity index (χ4v) is 2.41. The SMILES string of the molecule is O=C(Nc1ccccc1F)N1CCNCc2ccccc21. The van der Waals surface area contributed by atoms with Gasteiger partial charge < -0.3 is 10.6 Å². The molecule has 0 fully saturated rings. The number of hydrogen-bond acceptors (Lipinski definition) is 2. The molecule has 5 heteroatoms. The van der Waals surface area contributed by atoms with Gasteiger partial charge in [0.25, 0.3) is 0 Å². The summed E-state index contributed by atoms with van der Waals surface area (Å²) in [6.07, 6.45) is 0. The van der Waals surface area contributed by atoms with E-state index in [4.69, 9.17) is 0 Å². The molecule has 108 valence electrons. The van der Waals surface area contributed by atoms with Crippen LogP contribution in [0.15, 0.2) is 48.5 Å². The number of carbonyl (C=O) groups is 1. The van der Waals surface area contributed by atoms with Gasteiger partial charge in [-0.3, -0.25) is 4.90 Å². The number of hydrogen-bond donors (Lipinski definition) is 2. The van der Waals surface area contributed by atoms with E-state index in [1.165, 1.54) is 6.07 Å². The Hall–Kier alpha value is -2.40. The first-order valence-corrected chi connectivity index (χ1v) is 6.87. The molecule has 4 nitrogen and oxygen atoms in total. The molecule has 0 aromatic heterocycles. The van der Waals surface area contributed by atoms with Gasteiger partial charge in [0.05, 0.1) is 5.69 Å². The predicted octanol–water partition coefficient (Wildman–Crippen LogP) is 2.97. The molecule has 0 saturated carbocycles. The Kier molecular flexibility index (Phi) is 3.83. The van der Waals surface area contributed by atoms with Gasteiger partial charge in [-0.25, -0.2) is 9.18 Å². The molecular weight excluding hydrogens is 269 g/mol. The smallest absolute Gasteiger partial charge is 0.311 e. The lowest BCUT2D eigenvalue weighted by Gasteiger charge is -2.23. The Morgan fingerprint density at radius 3 is 2.76 bits per heavy atom. The number of nitrogens with zero attached hydrogens (tertiary/aromatic N) is 1. The molecule has 1 aliphatic heterocycles. The van der Waals surface area contributed by atoms with Gasteiger partial charge in [0.1, 0.15) is 5.82 Å². The Labute approximate surface area is 122 Å². The number of rotatable bonds is 1. The molecule has 1 aliphatic rings. The van der Waals surface area contributed by atoms with Crippen LogP contribution >= 0.6 is 0 Å². The quantitative estimate of drug-likeness (QED) is 0.846. The van der Waals surface area contributed by atoms with Crippen molar-refractivity contribution >= 4 is 17.4 Å². The van der Waals surface area contributed by atoms with Gasteiger partial charge in [-0.1, -0.05) is 30.3 Å². The van der Waals surface area contributed by atoms with Crippen molar-refractivity contribution < 1.29 is 9.18 Å². The van der Waals surface area contributed by atoms with E-state index in [-0.39, 0.29) is 11.7 Å². The molecule has 2 aromatic rings. The maximum Gasteiger partial charge on any atom is 0.326 e. The zero-order valence-corrected chi connectivity index (χ0v) is 11.5. The van der Waals surface area contributed by atoms with E-state index in [2.05, 4.69) is 10.6 Å². The summed E-state index contributed by atoms with van der Waals surface area (Å²) in [4.78, 5) is 14.1. The first-order valence-electron chi connectivity index (χ1n) is 6.87. The second-order valence-electron chi connectivity index (χ2n) is 4.87. The van der Waals surface area contributed by atoms with E-state index in [9.17, 15) is 9.18 Å². The van der Waals surface area contributed by atoms with Crippen LogP contribution in [0.25, 0.3) is 0 Å². The fourth-order valence-electron chi connectivity index (χ4n) is 2.41. The Morgan fingerprint density at radius 1 is 1.14 bits per heavy atom. The fraction of sp³-hybridized carbons (Fsp3) is 0.188. The van der Waals surface area contributed by atoms with Crippen molar-refractivity contribution in [1.29, 1.82) is 0 Å². The standard InChI is InChI=1S/C16H16FN3O/c17-13-6-2-3-7-14(13)19-16(21)20-10-9-18-11-12-5-1-4-8-15(12)20/h1-8,18H,9-11H2,(H,19,21). The molecule has 0 bridgehead atoms. The van der Waals surface area contributed by atoms with Gasteiger partial charge >= 0.3 is 6.03 Å². The second-order valence-corrected chi connectivity index (χ2v) is 4.87. The lowest BCUT2D eigenvalue weighted by Crippen LogP contribution is -2.38. The summed E-state index contributed by atoms with van der Waals surface area (Å²) < 4.78 is 13.6. The van der Waals surface area contributed by atoms with Crippen LogP contribution in [0.4, 0.5) is 20.6 Å². The molecule has 21 heavy (non-hydrogen) atoms. The molecule has 0 aliphatic carbocycles. The number of fused-ring (bicyclic) bond motifs is 1. The number of halogens is 1. The first kappa shape index (κ1) is 13.6. The maximum absolute atomic E-state index is 13.6. The normalized spacial score (nSPS) is 14.2. The summed E-state index contributed by atoms with van der Waals surface area (Å²) in [5.41, 5.74) is 2.10. The Balaban J connectivity index is 1.86. The second kappa shape index (κ2) is 5.93. The predicted molar refractivity (Wildman–Crippen MR) is 80.9 cm³/mol. The van der Waals surface area contributed by atoms with Crippen molar-refractivity contribution in [2.45, 2.75) is 6.54 Å². The van der Waals surface area contributed by atoms with Crippen LogP contribution in [0.5, 0.6) is 0 Å². The van der Waals surface area contributed by atoms with Crippen molar-refractivity contribution in [2.75, 3.05) is 23.3 Å². The van der Waals surface area contributed by atoms with Crippen LogP contribution in [-0.2, 0) is 6.54 Å². The zero-order valence-electron chi connectivity index (χ0n) is 11.5. The van der Waals surface area contributed by atoms with Crippen molar-refractivity contribution in [3.63, 3.8) is 0 Å². The molecule has 2 amide bonds. The van der Waals surface area contributed by atoms with Crippen LogP contribution < -0.4 is 15.5 Å². The maximum atomic E-state index is 13.6. The van der Waals surface area contributed by atoms with E-state index in [1.807, 2.05) is 24.3 Å². The number of anilines is 2. The third-order valence-electron chi connectivity index (χ3n) is 3.47. The summed E-state index contributed by atoms with van der Waals surface area (Å²) in [5, 5.41) is 5.90. The van der Waals surface area contributed by atoms with E-state index in [0.29, 0.717) is 13.1 Å². The highest BCUT2D eigenvalue weighted by Crippen LogP contribution is 2.23. The van der Waals surface area contributed by atoms with Gasteiger partial charge in [-0.2, -0.15) is 0 Å². The zero-order chi connectivity index (χ0) is 14.7. The Bertz CT molecular complexity index is 659. The van der Waals surface area contributed by atoms with Gasteiger partial charge in [0.15, 0.2) is 0 Å². The van der Waals surface area contributed by atoms with Gasteiger partial charge in [0, 0.05) is 25.3 Å². The minimum absolute atomic E-state index is 0.192. The highest BCUT2D eigenvalue weighted by molar-refractivity contribution is 6.02. The third-order valence-corrected chi connectivity index (χ3v) is 3.47. The van der Waals surface area contributed by atoms with Crippen LogP contribution in [0.1, 0.15) is 5.56 Å². The number of amides is 2. The van der Waals surface area contributed by atoms with Crippen molar-refractivity contribution in [3.05, 3.63) is 59.9 Å². The number of carbonyl (C=O) groups excluding carboxylic acids is 1. The van der Waals surface area contributed by atoms with Crippen LogP contribution in [0, 0.1) is 5.82 Å². The lowest BCUT2D eigenvalue weighted by molar-refractivity contribution is 0.257. The van der Waals surface area contributed by atoms with Crippen molar-refractivity contribution in [3.8, 4) is 0 Å². The summed E-state index contributed by atoms with van der Waals surface area (Å²) in [6.45, 7) is 1.95. The summed E-state index contributed by atoms with van der Waals surface area (Å²) >= 11 is 0. The van der Waals surface area contributed by atoms with Crippen LogP contribution in [0.2, 0.25) is 0 Å². The molecule has 0 radical (unpaired) electrons. The van der Waals surface area contributed by atoms with Gasteiger partial charge in [-0.05, 0) is 23.8 Å². The number of urea groups is 1. The molecule has 0 spiro atoms. The molecule has 0 atom stereocenters. The molecule has 0 unspecified atom stereocenters. The largest absolute Gasteiger partial charge is 0.326 e.